The van der Waals surface area contributed by atoms with Gasteiger partial charge in [0.15, 0.2) is 0 Å². The minimum atomic E-state index is 0.885. The van der Waals surface area contributed by atoms with Gasteiger partial charge in [0.25, 0.3) is 0 Å². The Labute approximate surface area is 104 Å². The first-order chi connectivity index (χ1) is 7.60. The highest BCUT2D eigenvalue weighted by molar-refractivity contribution is 4.61. The van der Waals surface area contributed by atoms with Crippen molar-refractivity contribution >= 4 is 0 Å². The largest absolute Gasteiger partial charge is 0.0654 e. The molecule has 2 unspecified atom stereocenters. The molecule has 2 atom stereocenters. The van der Waals surface area contributed by atoms with Crippen molar-refractivity contribution in [2.75, 3.05) is 0 Å². The summed E-state index contributed by atoms with van der Waals surface area (Å²) < 4.78 is 0. The average molecular weight is 226 g/mol. The van der Waals surface area contributed by atoms with Gasteiger partial charge in [0.05, 0.1) is 0 Å². The van der Waals surface area contributed by atoms with Crippen molar-refractivity contribution < 1.29 is 0 Å². The van der Waals surface area contributed by atoms with Crippen LogP contribution in [0, 0.1) is 17.8 Å². The molecule has 0 aromatic carbocycles. The van der Waals surface area contributed by atoms with Gasteiger partial charge in [-0.2, -0.15) is 0 Å². The van der Waals surface area contributed by atoms with Gasteiger partial charge >= 0.3 is 0 Å². The van der Waals surface area contributed by atoms with Crippen LogP contribution in [0.15, 0.2) is 0 Å². The van der Waals surface area contributed by atoms with E-state index in [0.29, 0.717) is 0 Å². The van der Waals surface area contributed by atoms with Crippen LogP contribution < -0.4 is 0 Å². The molecule has 0 saturated heterocycles. The van der Waals surface area contributed by atoms with E-state index >= 15 is 0 Å². The van der Waals surface area contributed by atoms with Crippen LogP contribution in [0.3, 0.4) is 0 Å². The molecule has 0 aliphatic carbocycles. The van der Waals surface area contributed by atoms with Crippen LogP contribution in [0.25, 0.3) is 0 Å². The first-order valence-corrected chi connectivity index (χ1v) is 7.60. The average Bonchev–Trinajstić information content (AvgIpc) is 2.23. The molecule has 0 nitrogen and oxygen atoms in total. The molecular weight excluding hydrogens is 192 g/mol. The SMILES string of the molecule is CCCC(CC)CCC(C)CCCC(C)C. The number of rotatable bonds is 10. The highest BCUT2D eigenvalue weighted by atomic mass is 14.1. The van der Waals surface area contributed by atoms with Crippen LogP contribution >= 0.6 is 0 Å². The molecule has 0 aromatic rings. The Bertz CT molecular complexity index is 137. The summed E-state index contributed by atoms with van der Waals surface area (Å²) in [5.74, 6) is 2.83. The molecule has 0 bridgehead atoms. The second kappa shape index (κ2) is 10.2. The predicted octanol–water partition coefficient (Wildman–Crippen LogP) is 6.06. The lowest BCUT2D eigenvalue weighted by atomic mass is 9.89. The normalized spacial score (nSPS) is 15.4. The molecule has 0 radical (unpaired) electrons. The maximum Gasteiger partial charge on any atom is -0.0417 e. The molecule has 0 amide bonds. The monoisotopic (exact) mass is 226 g/mol. The van der Waals surface area contributed by atoms with E-state index in [4.69, 9.17) is 0 Å². The highest BCUT2D eigenvalue weighted by Gasteiger charge is 2.08. The van der Waals surface area contributed by atoms with Gasteiger partial charge in [-0.15, -0.1) is 0 Å². The number of hydrogen-bond acceptors (Lipinski definition) is 0. The van der Waals surface area contributed by atoms with Crippen LogP contribution in [0.4, 0.5) is 0 Å². The molecule has 16 heavy (non-hydrogen) atoms. The first-order valence-electron chi connectivity index (χ1n) is 7.60. The fourth-order valence-electron chi connectivity index (χ4n) is 2.50. The first kappa shape index (κ1) is 16.0. The predicted molar refractivity (Wildman–Crippen MR) is 75.8 cm³/mol. The van der Waals surface area contributed by atoms with E-state index in [1.165, 1.54) is 51.4 Å². The molecule has 0 aliphatic heterocycles. The van der Waals surface area contributed by atoms with Gasteiger partial charge < -0.3 is 0 Å². The van der Waals surface area contributed by atoms with Gasteiger partial charge in [-0.05, 0) is 17.8 Å². The van der Waals surface area contributed by atoms with E-state index < -0.39 is 0 Å². The van der Waals surface area contributed by atoms with Gasteiger partial charge in [0, 0.05) is 0 Å². The van der Waals surface area contributed by atoms with Crippen LogP contribution in [-0.4, -0.2) is 0 Å². The third-order valence-electron chi connectivity index (χ3n) is 3.82. The Morgan fingerprint density at radius 2 is 1.44 bits per heavy atom. The molecule has 0 saturated carbocycles. The maximum absolute atomic E-state index is 2.44. The van der Waals surface area contributed by atoms with Gasteiger partial charge in [-0.3, -0.25) is 0 Å². The molecule has 0 aliphatic rings. The van der Waals surface area contributed by atoms with Crippen LogP contribution in [0.5, 0.6) is 0 Å². The molecule has 0 aromatic heterocycles. The van der Waals surface area contributed by atoms with Gasteiger partial charge in [-0.25, -0.2) is 0 Å². The van der Waals surface area contributed by atoms with Gasteiger partial charge in [0.2, 0.25) is 0 Å². The summed E-state index contributed by atoms with van der Waals surface area (Å²) in [6, 6.07) is 0. The van der Waals surface area contributed by atoms with Crippen LogP contribution in [0.1, 0.15) is 86.0 Å². The fourth-order valence-corrected chi connectivity index (χ4v) is 2.50. The summed E-state index contributed by atoms with van der Waals surface area (Å²) in [6.07, 6.45) is 11.4. The lowest BCUT2D eigenvalue weighted by molar-refractivity contribution is 0.356. The summed E-state index contributed by atoms with van der Waals surface area (Å²) >= 11 is 0. The zero-order valence-corrected chi connectivity index (χ0v) is 12.4. The summed E-state index contributed by atoms with van der Waals surface area (Å²) in [4.78, 5) is 0. The topological polar surface area (TPSA) is 0 Å². The van der Waals surface area contributed by atoms with Crippen molar-refractivity contribution in [3.8, 4) is 0 Å². The van der Waals surface area contributed by atoms with Crippen LogP contribution in [0.2, 0.25) is 0 Å². The zero-order chi connectivity index (χ0) is 12.4. The Hall–Kier alpha value is 0. The standard InChI is InChI=1S/C16H34/c1-6-9-16(7-2)13-12-15(5)11-8-10-14(3)4/h14-16H,6-13H2,1-5H3. The van der Waals surface area contributed by atoms with Gasteiger partial charge in [0.1, 0.15) is 0 Å². The molecular formula is C16H34. The lowest BCUT2D eigenvalue weighted by Crippen LogP contribution is -2.03. The van der Waals surface area contributed by atoms with Crippen molar-refractivity contribution in [1.29, 1.82) is 0 Å². The van der Waals surface area contributed by atoms with Crippen molar-refractivity contribution in [3.63, 3.8) is 0 Å². The Morgan fingerprint density at radius 3 is 1.94 bits per heavy atom. The van der Waals surface area contributed by atoms with E-state index in [1.54, 1.807) is 0 Å². The van der Waals surface area contributed by atoms with E-state index in [2.05, 4.69) is 34.6 Å². The molecule has 0 rings (SSSR count). The molecule has 0 heterocycles. The molecule has 0 fully saturated rings. The van der Waals surface area contributed by atoms with E-state index in [9.17, 15) is 0 Å². The Balaban J connectivity index is 3.50. The van der Waals surface area contributed by atoms with E-state index in [0.717, 1.165) is 17.8 Å². The third kappa shape index (κ3) is 9.24. The van der Waals surface area contributed by atoms with E-state index in [1.807, 2.05) is 0 Å². The molecule has 98 valence electrons. The van der Waals surface area contributed by atoms with Crippen molar-refractivity contribution in [3.05, 3.63) is 0 Å². The molecule has 0 N–H and O–H groups in total. The second-order valence-electron chi connectivity index (χ2n) is 6.07. The minimum Gasteiger partial charge on any atom is -0.0654 e. The molecule has 0 spiro atoms. The smallest absolute Gasteiger partial charge is 0.0417 e. The van der Waals surface area contributed by atoms with E-state index in [-0.39, 0.29) is 0 Å². The van der Waals surface area contributed by atoms with Crippen molar-refractivity contribution in [2.45, 2.75) is 86.0 Å². The zero-order valence-electron chi connectivity index (χ0n) is 12.4. The summed E-state index contributed by atoms with van der Waals surface area (Å²) in [5.41, 5.74) is 0. The van der Waals surface area contributed by atoms with Crippen molar-refractivity contribution in [1.82, 2.24) is 0 Å². The quantitative estimate of drug-likeness (QED) is 0.425. The Kier molecular flexibility index (Phi) is 10.2. The fraction of sp³-hybridized carbons (Fsp3) is 1.00. The summed E-state index contributed by atoms with van der Waals surface area (Å²) in [7, 11) is 0. The lowest BCUT2D eigenvalue weighted by Gasteiger charge is -2.17. The third-order valence-corrected chi connectivity index (χ3v) is 3.82. The van der Waals surface area contributed by atoms with Crippen molar-refractivity contribution in [2.24, 2.45) is 17.8 Å². The molecule has 0 heteroatoms. The highest BCUT2D eigenvalue weighted by Crippen LogP contribution is 2.23. The van der Waals surface area contributed by atoms with Crippen LogP contribution in [-0.2, 0) is 0 Å². The Morgan fingerprint density at radius 1 is 0.750 bits per heavy atom. The maximum atomic E-state index is 2.44. The second-order valence-corrected chi connectivity index (χ2v) is 6.07. The number of hydrogen-bond donors (Lipinski definition) is 0. The summed E-state index contributed by atoms with van der Waals surface area (Å²) in [5, 5.41) is 0. The minimum absolute atomic E-state index is 0.885. The van der Waals surface area contributed by atoms with Gasteiger partial charge in [-0.1, -0.05) is 86.0 Å². The summed E-state index contributed by atoms with van der Waals surface area (Å²) in [6.45, 7) is 11.8.